The molecule has 1 unspecified atom stereocenters. The molecular weight excluding hydrogens is 610 g/mol. The topological polar surface area (TPSA) is 68.3 Å². The van der Waals surface area contributed by atoms with E-state index in [9.17, 15) is 14.3 Å². The first-order valence-electron chi connectivity index (χ1n) is 17.0. The van der Waals surface area contributed by atoms with Crippen LogP contribution in [0.4, 0.5) is 20.2 Å². The number of halogens is 2. The number of benzene rings is 4. The van der Waals surface area contributed by atoms with Gasteiger partial charge in [-0.1, -0.05) is 42.5 Å². The van der Waals surface area contributed by atoms with E-state index in [0.717, 1.165) is 80.9 Å². The van der Waals surface area contributed by atoms with Gasteiger partial charge in [0.1, 0.15) is 23.1 Å². The van der Waals surface area contributed by atoms with Crippen molar-refractivity contribution in [3.63, 3.8) is 0 Å². The normalized spacial score (nSPS) is 21.4. The van der Waals surface area contributed by atoms with Gasteiger partial charge < -0.3 is 25.0 Å². The molecule has 2 fully saturated rings. The van der Waals surface area contributed by atoms with E-state index in [-0.39, 0.29) is 35.1 Å². The average molecular weight is 651 g/mol. The second-order valence-electron chi connectivity index (χ2n) is 13.6. The molecular formula is C39H40F2N4O3. The van der Waals surface area contributed by atoms with E-state index in [2.05, 4.69) is 38.2 Å². The number of rotatable bonds is 6. The molecule has 0 saturated carbocycles. The first-order chi connectivity index (χ1) is 23.4. The van der Waals surface area contributed by atoms with Gasteiger partial charge in [-0.15, -0.1) is 0 Å². The molecule has 2 saturated heterocycles. The summed E-state index contributed by atoms with van der Waals surface area (Å²) in [6.07, 6.45) is 1.99. The predicted molar refractivity (Wildman–Crippen MR) is 182 cm³/mol. The van der Waals surface area contributed by atoms with Crippen LogP contribution in [0.5, 0.6) is 11.5 Å². The van der Waals surface area contributed by atoms with Gasteiger partial charge >= 0.3 is 0 Å². The number of carbonyl (C=O) groups is 1. The molecule has 4 aliphatic rings. The Morgan fingerprint density at radius 1 is 0.792 bits per heavy atom. The lowest BCUT2D eigenvalue weighted by atomic mass is 9.76. The molecule has 4 heterocycles. The zero-order valence-electron chi connectivity index (χ0n) is 26.9. The number of nitrogens with zero attached hydrogens (tertiary/aromatic N) is 3. The van der Waals surface area contributed by atoms with Gasteiger partial charge in [0.2, 0.25) is 0 Å². The zero-order valence-corrected chi connectivity index (χ0v) is 26.9. The molecule has 9 heteroatoms. The smallest absolute Gasteiger partial charge is 0.252 e. The molecule has 4 aliphatic heterocycles. The summed E-state index contributed by atoms with van der Waals surface area (Å²) in [4.78, 5) is 18.6. The molecule has 0 aliphatic carbocycles. The van der Waals surface area contributed by atoms with Crippen molar-refractivity contribution in [1.82, 2.24) is 10.2 Å². The lowest BCUT2D eigenvalue weighted by Gasteiger charge is -2.40. The van der Waals surface area contributed by atoms with Crippen LogP contribution in [0.3, 0.4) is 0 Å². The van der Waals surface area contributed by atoms with E-state index in [1.807, 2.05) is 36.4 Å². The van der Waals surface area contributed by atoms with Crippen LogP contribution in [0.2, 0.25) is 0 Å². The molecule has 1 amide bonds. The van der Waals surface area contributed by atoms with Gasteiger partial charge in [0.15, 0.2) is 0 Å². The molecule has 0 bridgehead atoms. The van der Waals surface area contributed by atoms with Crippen molar-refractivity contribution in [2.75, 3.05) is 62.2 Å². The SMILES string of the molecule is O=C1NCc2cc(N3CCN(CC4CCN(c5ccc(C6c7ccc(O)cc7OC[C@@H]6c6ccccc6)cc5F)CC4)CC3)c(F)cc21. The Morgan fingerprint density at radius 3 is 2.31 bits per heavy atom. The highest BCUT2D eigenvalue weighted by atomic mass is 19.1. The molecule has 2 atom stereocenters. The highest BCUT2D eigenvalue weighted by Crippen LogP contribution is 2.47. The second-order valence-corrected chi connectivity index (χ2v) is 13.6. The first-order valence-corrected chi connectivity index (χ1v) is 17.0. The number of hydrogen-bond donors (Lipinski definition) is 2. The minimum atomic E-state index is -0.333. The van der Waals surface area contributed by atoms with Crippen LogP contribution in [-0.4, -0.2) is 68.3 Å². The predicted octanol–water partition coefficient (Wildman–Crippen LogP) is 6.26. The summed E-state index contributed by atoms with van der Waals surface area (Å²) < 4.78 is 36.9. The quantitative estimate of drug-likeness (QED) is 0.257. The van der Waals surface area contributed by atoms with Gasteiger partial charge in [-0.25, -0.2) is 8.78 Å². The Morgan fingerprint density at radius 2 is 1.54 bits per heavy atom. The van der Waals surface area contributed by atoms with E-state index in [1.54, 1.807) is 18.2 Å². The lowest BCUT2D eigenvalue weighted by Crippen LogP contribution is -2.49. The number of aromatic hydroxyl groups is 1. The molecule has 0 spiro atoms. The summed E-state index contributed by atoms with van der Waals surface area (Å²) in [6.45, 7) is 6.73. The van der Waals surface area contributed by atoms with Gasteiger partial charge in [-0.05, 0) is 65.8 Å². The average Bonchev–Trinajstić information content (AvgIpc) is 3.47. The Labute approximate surface area is 279 Å². The third kappa shape index (κ3) is 5.85. The molecule has 8 rings (SSSR count). The summed E-state index contributed by atoms with van der Waals surface area (Å²) >= 11 is 0. The van der Waals surface area contributed by atoms with E-state index in [4.69, 9.17) is 4.74 Å². The van der Waals surface area contributed by atoms with Crippen LogP contribution in [0, 0.1) is 17.6 Å². The van der Waals surface area contributed by atoms with Crippen molar-refractivity contribution < 1.29 is 23.4 Å². The summed E-state index contributed by atoms with van der Waals surface area (Å²) in [5, 5.41) is 12.9. The Bertz CT molecular complexity index is 1820. The monoisotopic (exact) mass is 650 g/mol. The van der Waals surface area contributed by atoms with Crippen LogP contribution >= 0.6 is 0 Å². The largest absolute Gasteiger partial charge is 0.508 e. The van der Waals surface area contributed by atoms with Crippen molar-refractivity contribution >= 4 is 17.3 Å². The number of fused-ring (bicyclic) bond motifs is 2. The molecule has 4 aromatic carbocycles. The Balaban J connectivity index is 0.900. The van der Waals surface area contributed by atoms with Crippen molar-refractivity contribution in [2.45, 2.75) is 31.2 Å². The van der Waals surface area contributed by atoms with Crippen LogP contribution in [0.1, 0.15) is 57.3 Å². The van der Waals surface area contributed by atoms with Crippen LogP contribution < -0.4 is 19.9 Å². The van der Waals surface area contributed by atoms with Gasteiger partial charge in [-0.2, -0.15) is 0 Å². The number of hydrogen-bond acceptors (Lipinski definition) is 6. The number of ether oxygens (including phenoxy) is 1. The van der Waals surface area contributed by atoms with Crippen LogP contribution in [-0.2, 0) is 6.54 Å². The van der Waals surface area contributed by atoms with E-state index >= 15 is 4.39 Å². The number of piperazine rings is 1. The maximum absolute atomic E-state index is 16.0. The number of nitrogens with one attached hydrogen (secondary N) is 1. The molecule has 248 valence electrons. The number of phenols is 1. The number of amides is 1. The summed E-state index contributed by atoms with van der Waals surface area (Å²) in [5.74, 6) is 0.498. The van der Waals surface area contributed by atoms with Gasteiger partial charge in [-0.3, -0.25) is 9.69 Å². The third-order valence-corrected chi connectivity index (χ3v) is 10.8. The summed E-state index contributed by atoms with van der Waals surface area (Å²) in [7, 11) is 0. The Hall–Kier alpha value is -4.63. The molecule has 2 N–H and O–H groups in total. The van der Waals surface area contributed by atoms with Gasteiger partial charge in [0.05, 0.1) is 18.0 Å². The van der Waals surface area contributed by atoms with Crippen molar-refractivity contribution in [3.05, 3.63) is 118 Å². The maximum Gasteiger partial charge on any atom is 0.252 e. The first kappa shape index (κ1) is 30.7. The highest BCUT2D eigenvalue weighted by Gasteiger charge is 2.35. The van der Waals surface area contributed by atoms with Crippen molar-refractivity contribution in [3.8, 4) is 11.5 Å². The molecule has 7 nitrogen and oxygen atoms in total. The Kier molecular flexibility index (Phi) is 8.16. The fourth-order valence-electron chi connectivity index (χ4n) is 8.14. The van der Waals surface area contributed by atoms with E-state index in [0.29, 0.717) is 41.8 Å². The fraction of sp³-hybridized carbons (Fsp3) is 0.359. The minimum Gasteiger partial charge on any atom is -0.508 e. The van der Waals surface area contributed by atoms with Crippen molar-refractivity contribution in [2.24, 2.45) is 5.92 Å². The molecule has 0 radical (unpaired) electrons. The third-order valence-electron chi connectivity index (χ3n) is 10.8. The molecule has 4 aromatic rings. The zero-order chi connectivity index (χ0) is 32.8. The number of piperidine rings is 1. The number of phenolic OH excluding ortho intramolecular Hbond substituents is 1. The van der Waals surface area contributed by atoms with Gasteiger partial charge in [0.25, 0.3) is 5.91 Å². The summed E-state index contributed by atoms with van der Waals surface area (Å²) in [5.41, 5.74) is 5.53. The standard InChI is InChI=1S/C39H40F2N4O3/c40-33-18-27(38-30-8-7-29(46)20-37(30)48-24-32(38)26-4-2-1-3-5-26)6-9-35(33)44-12-10-25(11-13-44)23-43-14-16-45(17-15-43)36-19-28-22-42-39(47)31(28)21-34(36)41/h1-9,18-21,25,32,38,46H,10-17,22-24H2,(H,42,47)/t32-,38?/m1/s1. The van der Waals surface area contributed by atoms with E-state index < -0.39 is 0 Å². The highest BCUT2D eigenvalue weighted by molar-refractivity contribution is 5.98. The molecule has 0 aromatic heterocycles. The van der Waals surface area contributed by atoms with Crippen LogP contribution in [0.25, 0.3) is 0 Å². The van der Waals surface area contributed by atoms with E-state index in [1.165, 1.54) is 6.07 Å². The second kappa shape index (κ2) is 12.8. The maximum atomic E-state index is 16.0. The van der Waals surface area contributed by atoms with Crippen molar-refractivity contribution in [1.29, 1.82) is 0 Å². The van der Waals surface area contributed by atoms with Crippen LogP contribution in [0.15, 0.2) is 78.9 Å². The fourth-order valence-corrected chi connectivity index (χ4v) is 8.14. The number of anilines is 2. The molecule has 48 heavy (non-hydrogen) atoms. The van der Waals surface area contributed by atoms with Gasteiger partial charge in [0, 0.05) is 81.4 Å². The lowest BCUT2D eigenvalue weighted by molar-refractivity contribution is 0.0965. The number of carbonyl (C=O) groups excluding carboxylic acids is 1. The minimum absolute atomic E-state index is 0.0153. The summed E-state index contributed by atoms with van der Waals surface area (Å²) in [6, 6.07) is 24.3.